The highest BCUT2D eigenvalue weighted by atomic mass is 35.5. The van der Waals surface area contributed by atoms with E-state index in [0.717, 1.165) is 37.4 Å². The predicted molar refractivity (Wildman–Crippen MR) is 103 cm³/mol. The molecule has 0 aliphatic carbocycles. The van der Waals surface area contributed by atoms with Gasteiger partial charge in [0.15, 0.2) is 0 Å². The van der Waals surface area contributed by atoms with Gasteiger partial charge in [-0.15, -0.1) is 0 Å². The van der Waals surface area contributed by atoms with Crippen LogP contribution in [0.2, 0.25) is 5.02 Å². The Balaban J connectivity index is 1.45. The van der Waals surface area contributed by atoms with Crippen molar-refractivity contribution in [2.75, 3.05) is 37.6 Å². The molecule has 1 saturated heterocycles. The molecule has 138 valence electrons. The molecule has 1 aliphatic heterocycles. The van der Waals surface area contributed by atoms with Gasteiger partial charge >= 0.3 is 0 Å². The lowest BCUT2D eigenvalue weighted by Gasteiger charge is -2.35. The van der Waals surface area contributed by atoms with Crippen LogP contribution in [-0.2, 0) is 4.79 Å². The fraction of sp³-hybridized carbons (Fsp3) is 0.350. The average molecular weight is 376 g/mol. The summed E-state index contributed by atoms with van der Waals surface area (Å²) in [5.74, 6) is -0.207. The highest BCUT2D eigenvalue weighted by molar-refractivity contribution is 6.30. The molecule has 0 spiro atoms. The predicted octanol–water partition coefficient (Wildman–Crippen LogP) is 3.48. The Morgan fingerprint density at radius 2 is 1.69 bits per heavy atom. The van der Waals surface area contributed by atoms with Crippen LogP contribution in [0.4, 0.5) is 10.1 Å². The third kappa shape index (κ3) is 4.96. The lowest BCUT2D eigenvalue weighted by molar-refractivity contribution is -0.123. The fourth-order valence-corrected chi connectivity index (χ4v) is 3.27. The summed E-state index contributed by atoms with van der Waals surface area (Å²) < 4.78 is 13.0. The molecule has 0 radical (unpaired) electrons. The van der Waals surface area contributed by atoms with Gasteiger partial charge in [0.2, 0.25) is 5.91 Å². The number of nitrogens with zero attached hydrogens (tertiary/aromatic N) is 2. The molecule has 1 fully saturated rings. The molecule has 2 aromatic rings. The van der Waals surface area contributed by atoms with E-state index in [1.165, 1.54) is 12.1 Å². The summed E-state index contributed by atoms with van der Waals surface area (Å²) in [6.45, 7) is 5.61. The lowest BCUT2D eigenvalue weighted by atomic mass is 10.1. The minimum Gasteiger partial charge on any atom is -0.369 e. The van der Waals surface area contributed by atoms with Gasteiger partial charge in [0, 0.05) is 36.9 Å². The SMILES string of the molecule is CC(NC(=O)CN1CCN(c2ccc(F)cc2)CC1)c1ccc(Cl)cc1. The van der Waals surface area contributed by atoms with Crippen molar-refractivity contribution in [3.05, 3.63) is 64.9 Å². The first-order valence-corrected chi connectivity index (χ1v) is 9.17. The molecule has 1 atom stereocenters. The Morgan fingerprint density at radius 3 is 2.31 bits per heavy atom. The molecule has 2 aromatic carbocycles. The third-order valence-corrected chi connectivity index (χ3v) is 4.93. The number of amides is 1. The molecule has 0 saturated carbocycles. The highest BCUT2D eigenvalue weighted by Gasteiger charge is 2.20. The highest BCUT2D eigenvalue weighted by Crippen LogP contribution is 2.18. The number of halogens is 2. The average Bonchev–Trinajstić information content (AvgIpc) is 2.63. The molecule has 1 aliphatic rings. The maximum atomic E-state index is 13.0. The van der Waals surface area contributed by atoms with Crippen LogP contribution in [0.25, 0.3) is 0 Å². The van der Waals surface area contributed by atoms with E-state index in [1.807, 2.05) is 31.2 Å². The molecule has 6 heteroatoms. The monoisotopic (exact) mass is 375 g/mol. The molecule has 3 rings (SSSR count). The number of carbonyl (C=O) groups is 1. The van der Waals surface area contributed by atoms with Crippen molar-refractivity contribution < 1.29 is 9.18 Å². The standard InChI is InChI=1S/C20H23ClFN3O/c1-15(16-2-4-17(21)5-3-16)23-20(26)14-24-10-12-25(13-11-24)19-8-6-18(22)7-9-19/h2-9,15H,10-14H2,1H3,(H,23,26). The van der Waals surface area contributed by atoms with Gasteiger partial charge in [0.1, 0.15) is 5.82 Å². The first-order valence-electron chi connectivity index (χ1n) is 8.79. The van der Waals surface area contributed by atoms with E-state index in [-0.39, 0.29) is 17.8 Å². The Hall–Kier alpha value is -2.11. The first-order chi connectivity index (χ1) is 12.5. The van der Waals surface area contributed by atoms with Crippen molar-refractivity contribution in [3.63, 3.8) is 0 Å². The van der Waals surface area contributed by atoms with Crippen LogP contribution in [0.3, 0.4) is 0 Å². The number of hydrogen-bond donors (Lipinski definition) is 1. The van der Waals surface area contributed by atoms with E-state index in [9.17, 15) is 9.18 Å². The van der Waals surface area contributed by atoms with Crippen LogP contribution in [0.15, 0.2) is 48.5 Å². The minimum atomic E-state index is -0.223. The van der Waals surface area contributed by atoms with Crippen LogP contribution >= 0.6 is 11.6 Å². The zero-order valence-corrected chi connectivity index (χ0v) is 15.5. The van der Waals surface area contributed by atoms with Crippen LogP contribution in [0, 0.1) is 5.82 Å². The largest absolute Gasteiger partial charge is 0.369 e. The Morgan fingerprint density at radius 1 is 1.08 bits per heavy atom. The van der Waals surface area contributed by atoms with Crippen LogP contribution < -0.4 is 10.2 Å². The van der Waals surface area contributed by atoms with Crippen molar-refractivity contribution >= 4 is 23.2 Å². The van der Waals surface area contributed by atoms with Gasteiger partial charge in [-0.1, -0.05) is 23.7 Å². The molecule has 1 unspecified atom stereocenters. The van der Waals surface area contributed by atoms with E-state index in [0.29, 0.717) is 11.6 Å². The molecular weight excluding hydrogens is 353 g/mol. The molecule has 1 N–H and O–H groups in total. The number of piperazine rings is 1. The first kappa shape index (κ1) is 18.7. The second-order valence-electron chi connectivity index (χ2n) is 6.58. The normalized spacial score (nSPS) is 16.3. The fourth-order valence-electron chi connectivity index (χ4n) is 3.14. The van der Waals surface area contributed by atoms with Gasteiger partial charge in [-0.25, -0.2) is 4.39 Å². The van der Waals surface area contributed by atoms with Crippen molar-refractivity contribution in [1.82, 2.24) is 10.2 Å². The van der Waals surface area contributed by atoms with Crippen molar-refractivity contribution in [1.29, 1.82) is 0 Å². The smallest absolute Gasteiger partial charge is 0.234 e. The summed E-state index contributed by atoms with van der Waals surface area (Å²) in [5, 5.41) is 3.72. The summed E-state index contributed by atoms with van der Waals surface area (Å²) in [5.41, 5.74) is 2.05. The molecule has 1 heterocycles. The molecule has 26 heavy (non-hydrogen) atoms. The molecule has 0 bridgehead atoms. The summed E-state index contributed by atoms with van der Waals surface area (Å²) in [7, 11) is 0. The van der Waals surface area contributed by atoms with E-state index < -0.39 is 0 Å². The quantitative estimate of drug-likeness (QED) is 0.869. The molecule has 0 aromatic heterocycles. The summed E-state index contributed by atoms with van der Waals surface area (Å²) in [6, 6.07) is 14.0. The van der Waals surface area contributed by atoms with Crippen LogP contribution in [-0.4, -0.2) is 43.5 Å². The van der Waals surface area contributed by atoms with Gasteiger partial charge in [0.05, 0.1) is 12.6 Å². The van der Waals surface area contributed by atoms with Gasteiger partial charge in [0.25, 0.3) is 0 Å². The van der Waals surface area contributed by atoms with Crippen molar-refractivity contribution in [2.45, 2.75) is 13.0 Å². The second-order valence-corrected chi connectivity index (χ2v) is 7.02. The minimum absolute atomic E-state index is 0.0164. The van der Waals surface area contributed by atoms with Crippen molar-refractivity contribution in [3.8, 4) is 0 Å². The van der Waals surface area contributed by atoms with Gasteiger partial charge < -0.3 is 10.2 Å². The van der Waals surface area contributed by atoms with Crippen LogP contribution in [0.5, 0.6) is 0 Å². The summed E-state index contributed by atoms with van der Waals surface area (Å²) in [6.07, 6.45) is 0. The van der Waals surface area contributed by atoms with Gasteiger partial charge in [-0.05, 0) is 48.9 Å². The lowest BCUT2D eigenvalue weighted by Crippen LogP contribution is -2.49. The molecule has 1 amide bonds. The zero-order valence-electron chi connectivity index (χ0n) is 14.8. The zero-order chi connectivity index (χ0) is 18.5. The maximum absolute atomic E-state index is 13.0. The van der Waals surface area contributed by atoms with E-state index in [2.05, 4.69) is 15.1 Å². The summed E-state index contributed by atoms with van der Waals surface area (Å²) in [4.78, 5) is 16.7. The van der Waals surface area contributed by atoms with Crippen LogP contribution in [0.1, 0.15) is 18.5 Å². The maximum Gasteiger partial charge on any atom is 0.234 e. The number of hydrogen-bond acceptors (Lipinski definition) is 3. The molecule has 4 nitrogen and oxygen atoms in total. The summed E-state index contributed by atoms with van der Waals surface area (Å²) >= 11 is 5.90. The Labute approximate surface area is 158 Å². The number of nitrogens with one attached hydrogen (secondary N) is 1. The van der Waals surface area contributed by atoms with Gasteiger partial charge in [-0.2, -0.15) is 0 Å². The number of rotatable bonds is 5. The van der Waals surface area contributed by atoms with E-state index in [4.69, 9.17) is 11.6 Å². The van der Waals surface area contributed by atoms with Crippen molar-refractivity contribution in [2.24, 2.45) is 0 Å². The topological polar surface area (TPSA) is 35.6 Å². The number of benzene rings is 2. The Kier molecular flexibility index (Phi) is 6.12. The molecular formula is C20H23ClFN3O. The Bertz CT molecular complexity index is 728. The van der Waals surface area contributed by atoms with Gasteiger partial charge in [-0.3, -0.25) is 9.69 Å². The van der Waals surface area contributed by atoms with E-state index in [1.54, 1.807) is 12.1 Å². The third-order valence-electron chi connectivity index (χ3n) is 4.68. The van der Waals surface area contributed by atoms with E-state index >= 15 is 0 Å². The second kappa shape index (κ2) is 8.52. The number of carbonyl (C=O) groups excluding carboxylic acids is 1. The number of anilines is 1.